The minimum Gasteiger partial charge on any atom is -0.463 e. The summed E-state index contributed by atoms with van der Waals surface area (Å²) >= 11 is 12.4. The topological polar surface area (TPSA) is 116 Å². The summed E-state index contributed by atoms with van der Waals surface area (Å²) in [5.41, 5.74) is 13.9. The van der Waals surface area contributed by atoms with Crippen molar-refractivity contribution in [3.05, 3.63) is 50.6 Å². The van der Waals surface area contributed by atoms with E-state index in [9.17, 15) is 4.79 Å². The van der Waals surface area contributed by atoms with E-state index in [0.717, 1.165) is 0 Å². The van der Waals surface area contributed by atoms with E-state index in [1.54, 1.807) is 32.0 Å². The molecule has 0 spiro atoms. The third kappa shape index (κ3) is 3.15. The molecule has 1 atom stereocenters. The monoisotopic (exact) mass is 393 g/mol. The Balaban J connectivity index is 2.29. The van der Waals surface area contributed by atoms with Crippen LogP contribution in [0.5, 0.6) is 0 Å². The van der Waals surface area contributed by atoms with Crippen LogP contribution >= 0.6 is 23.2 Å². The highest BCUT2D eigenvalue weighted by molar-refractivity contribution is 6.35. The molecular weight excluding hydrogens is 377 g/mol. The number of esters is 1. The number of hydrogen-bond donors (Lipinski definition) is 3. The molecule has 0 saturated heterocycles. The summed E-state index contributed by atoms with van der Waals surface area (Å²) in [6.07, 6.45) is 0. The number of rotatable bonds is 3. The van der Waals surface area contributed by atoms with Crippen LogP contribution in [-0.2, 0) is 9.53 Å². The molecule has 3 rings (SSSR count). The number of nitrogens with zero attached hydrogens (tertiary/aromatic N) is 2. The normalized spacial score (nSPS) is 16.1. The Hall–Kier alpha value is -2.51. The fourth-order valence-corrected chi connectivity index (χ4v) is 3.53. The van der Waals surface area contributed by atoms with Gasteiger partial charge in [-0.05, 0) is 31.5 Å². The second kappa shape index (κ2) is 7.01. The van der Waals surface area contributed by atoms with Gasteiger partial charge in [-0.3, -0.25) is 0 Å². The molecule has 0 bridgehead atoms. The summed E-state index contributed by atoms with van der Waals surface area (Å²) in [5, 5.41) is 3.93. The summed E-state index contributed by atoms with van der Waals surface area (Å²) in [5.74, 6) is -0.477. The molecule has 1 aromatic heterocycles. The van der Waals surface area contributed by atoms with Gasteiger partial charge < -0.3 is 21.5 Å². The Morgan fingerprint density at radius 3 is 2.69 bits per heavy atom. The van der Waals surface area contributed by atoms with Gasteiger partial charge in [0, 0.05) is 21.3 Å². The van der Waals surface area contributed by atoms with Crippen molar-refractivity contribution < 1.29 is 9.53 Å². The zero-order valence-corrected chi connectivity index (χ0v) is 15.6. The molecule has 0 aliphatic carbocycles. The van der Waals surface area contributed by atoms with E-state index in [-0.39, 0.29) is 18.4 Å². The molecule has 1 aromatic carbocycles. The first-order chi connectivity index (χ1) is 12.3. The molecule has 26 heavy (non-hydrogen) atoms. The molecule has 0 amide bonds. The third-order valence-electron chi connectivity index (χ3n) is 4.05. The van der Waals surface area contributed by atoms with E-state index in [0.29, 0.717) is 38.3 Å². The molecular formula is C17H17Cl2N5O2. The Kier molecular flexibility index (Phi) is 4.93. The van der Waals surface area contributed by atoms with Crippen molar-refractivity contribution in [3.63, 3.8) is 0 Å². The lowest BCUT2D eigenvalue weighted by molar-refractivity contribution is -0.138. The van der Waals surface area contributed by atoms with Gasteiger partial charge in [0.15, 0.2) is 0 Å². The zero-order chi connectivity index (χ0) is 19.0. The number of nitrogens with two attached hydrogens (primary N) is 2. The number of carbonyl (C=O) groups is 1. The molecule has 0 radical (unpaired) electrons. The molecule has 136 valence electrons. The predicted octanol–water partition coefficient (Wildman–Crippen LogP) is 3.34. The highest BCUT2D eigenvalue weighted by Crippen LogP contribution is 2.46. The second-order valence-corrected chi connectivity index (χ2v) is 6.56. The van der Waals surface area contributed by atoms with E-state index in [1.165, 1.54) is 0 Å². The quantitative estimate of drug-likeness (QED) is 0.684. The van der Waals surface area contributed by atoms with Crippen LogP contribution in [0, 0.1) is 0 Å². The van der Waals surface area contributed by atoms with E-state index in [2.05, 4.69) is 15.3 Å². The molecule has 7 nitrogen and oxygen atoms in total. The van der Waals surface area contributed by atoms with Crippen LogP contribution in [0.4, 0.5) is 17.6 Å². The number of carbonyl (C=O) groups excluding carboxylic acids is 1. The molecule has 5 N–H and O–H groups in total. The number of ether oxygens (including phenoxy) is 1. The van der Waals surface area contributed by atoms with Crippen molar-refractivity contribution in [2.45, 2.75) is 19.8 Å². The first-order valence-electron chi connectivity index (χ1n) is 7.86. The average molecular weight is 394 g/mol. The number of fused-ring (bicyclic) bond motifs is 1. The molecule has 0 fully saturated rings. The molecule has 1 aliphatic heterocycles. The smallest absolute Gasteiger partial charge is 0.336 e. The summed E-state index contributed by atoms with van der Waals surface area (Å²) in [6, 6.07) is 5.04. The first kappa shape index (κ1) is 18.3. The fourth-order valence-electron chi connectivity index (χ4n) is 3.02. The SMILES string of the molecule is CCOC(=O)C1=C(C)Nc2nc(N)nc(N)c2C1c1ccc(Cl)cc1Cl. The maximum absolute atomic E-state index is 12.7. The maximum Gasteiger partial charge on any atom is 0.336 e. The van der Waals surface area contributed by atoms with Crippen LogP contribution in [-0.4, -0.2) is 22.5 Å². The Bertz CT molecular complexity index is 930. The van der Waals surface area contributed by atoms with Crippen molar-refractivity contribution >= 4 is 46.8 Å². The summed E-state index contributed by atoms with van der Waals surface area (Å²) in [6.45, 7) is 3.72. The van der Waals surface area contributed by atoms with Crippen LogP contribution in [0.3, 0.4) is 0 Å². The number of nitrogen functional groups attached to an aromatic ring is 2. The Labute approximate surface area is 160 Å². The lowest BCUT2D eigenvalue weighted by atomic mass is 9.82. The van der Waals surface area contributed by atoms with Crippen LogP contribution in [0.25, 0.3) is 0 Å². The summed E-state index contributed by atoms with van der Waals surface area (Å²) in [7, 11) is 0. The Morgan fingerprint density at radius 1 is 1.31 bits per heavy atom. The molecule has 9 heteroatoms. The van der Waals surface area contributed by atoms with Gasteiger partial charge in [0.05, 0.1) is 18.1 Å². The summed E-state index contributed by atoms with van der Waals surface area (Å²) in [4.78, 5) is 20.9. The zero-order valence-electron chi connectivity index (χ0n) is 14.1. The number of hydrogen-bond acceptors (Lipinski definition) is 7. The number of halogens is 2. The van der Waals surface area contributed by atoms with E-state index in [4.69, 9.17) is 39.4 Å². The van der Waals surface area contributed by atoms with Crippen molar-refractivity contribution in [1.29, 1.82) is 0 Å². The summed E-state index contributed by atoms with van der Waals surface area (Å²) < 4.78 is 5.23. The van der Waals surface area contributed by atoms with E-state index in [1.807, 2.05) is 0 Å². The largest absolute Gasteiger partial charge is 0.463 e. The predicted molar refractivity (Wildman–Crippen MR) is 102 cm³/mol. The molecule has 1 aliphatic rings. The lowest BCUT2D eigenvalue weighted by Gasteiger charge is -2.30. The second-order valence-electron chi connectivity index (χ2n) is 5.71. The van der Waals surface area contributed by atoms with Gasteiger partial charge in [0.2, 0.25) is 5.95 Å². The van der Waals surface area contributed by atoms with Gasteiger partial charge in [-0.15, -0.1) is 0 Å². The molecule has 0 saturated carbocycles. The van der Waals surface area contributed by atoms with Gasteiger partial charge in [0.1, 0.15) is 11.6 Å². The number of aromatic nitrogens is 2. The standard InChI is InChI=1S/C17H17Cl2N5O2/c1-3-26-16(25)11-7(2)22-15-13(14(20)23-17(21)24-15)12(11)9-5-4-8(18)6-10(9)19/h4-6,12H,3H2,1-2H3,(H5,20,21,22,23,24). The van der Waals surface area contributed by atoms with Crippen molar-refractivity contribution in [3.8, 4) is 0 Å². The van der Waals surface area contributed by atoms with Crippen molar-refractivity contribution in [1.82, 2.24) is 9.97 Å². The minimum atomic E-state index is -0.615. The molecule has 2 heterocycles. The van der Waals surface area contributed by atoms with E-state index < -0.39 is 11.9 Å². The van der Waals surface area contributed by atoms with E-state index >= 15 is 0 Å². The van der Waals surface area contributed by atoms with Crippen LogP contribution in [0.15, 0.2) is 29.5 Å². The number of benzene rings is 1. The Morgan fingerprint density at radius 2 is 2.04 bits per heavy atom. The van der Waals surface area contributed by atoms with Crippen LogP contribution in [0.2, 0.25) is 10.0 Å². The first-order valence-corrected chi connectivity index (χ1v) is 8.61. The molecule has 1 unspecified atom stereocenters. The van der Waals surface area contributed by atoms with Crippen LogP contribution in [0.1, 0.15) is 30.9 Å². The van der Waals surface area contributed by atoms with Crippen molar-refractivity contribution in [2.24, 2.45) is 0 Å². The van der Waals surface area contributed by atoms with Gasteiger partial charge >= 0.3 is 5.97 Å². The van der Waals surface area contributed by atoms with Gasteiger partial charge in [-0.1, -0.05) is 29.3 Å². The minimum absolute atomic E-state index is 0.0297. The average Bonchev–Trinajstić information content (AvgIpc) is 2.53. The van der Waals surface area contributed by atoms with Crippen molar-refractivity contribution in [2.75, 3.05) is 23.4 Å². The number of nitrogens with one attached hydrogen (secondary N) is 1. The van der Waals surface area contributed by atoms with Gasteiger partial charge in [0.25, 0.3) is 0 Å². The van der Waals surface area contributed by atoms with Crippen LogP contribution < -0.4 is 16.8 Å². The highest BCUT2D eigenvalue weighted by atomic mass is 35.5. The number of anilines is 3. The third-order valence-corrected chi connectivity index (χ3v) is 4.61. The fraction of sp³-hybridized carbons (Fsp3) is 0.235. The van der Waals surface area contributed by atoms with Gasteiger partial charge in [-0.2, -0.15) is 9.97 Å². The maximum atomic E-state index is 12.7. The number of allylic oxidation sites excluding steroid dienone is 1. The molecule has 2 aromatic rings. The van der Waals surface area contributed by atoms with Gasteiger partial charge in [-0.25, -0.2) is 4.79 Å². The highest BCUT2D eigenvalue weighted by Gasteiger charge is 2.37. The lowest BCUT2D eigenvalue weighted by Crippen LogP contribution is -2.27.